The summed E-state index contributed by atoms with van der Waals surface area (Å²) in [4.78, 5) is 47.6. The van der Waals surface area contributed by atoms with Crippen LogP contribution in [0.1, 0.15) is 25.8 Å². The molecule has 3 amide bonds. The zero-order valence-electron chi connectivity index (χ0n) is 16.5. The molecule has 160 valence electrons. The van der Waals surface area contributed by atoms with Crippen molar-refractivity contribution in [2.24, 2.45) is 11.7 Å². The summed E-state index contributed by atoms with van der Waals surface area (Å²) in [7, 11) is 0. The van der Waals surface area contributed by atoms with Crippen LogP contribution in [0.15, 0.2) is 24.3 Å². The highest BCUT2D eigenvalue weighted by Gasteiger charge is 2.30. The summed E-state index contributed by atoms with van der Waals surface area (Å²) in [5.41, 5.74) is 6.00. The van der Waals surface area contributed by atoms with Crippen molar-refractivity contribution >= 4 is 23.7 Å². The van der Waals surface area contributed by atoms with Gasteiger partial charge >= 0.3 is 5.97 Å². The van der Waals surface area contributed by atoms with Crippen molar-refractivity contribution < 1.29 is 29.4 Å². The molecule has 0 spiro atoms. The number of carbonyl (C=O) groups is 4. The lowest BCUT2D eigenvalue weighted by molar-refractivity contribution is -0.139. The topological polar surface area (TPSA) is 171 Å². The summed E-state index contributed by atoms with van der Waals surface area (Å²) in [6.07, 6.45) is 0.672. The minimum atomic E-state index is -1.20. The number of hydrogen-bond donors (Lipinski definition) is 6. The van der Waals surface area contributed by atoms with E-state index >= 15 is 0 Å². The molecule has 0 bridgehead atoms. The van der Waals surface area contributed by atoms with Crippen molar-refractivity contribution in [3.05, 3.63) is 29.8 Å². The second-order valence-electron chi connectivity index (χ2n) is 6.68. The first kappa shape index (κ1) is 23.9. The molecular formula is C19H28N4O6. The molecule has 0 aliphatic heterocycles. The number of carbonyl (C=O) groups excluding carboxylic acids is 3. The number of carboxylic acids is 1. The average molecular weight is 408 g/mol. The van der Waals surface area contributed by atoms with Crippen LogP contribution in [-0.4, -0.2) is 59.1 Å². The molecule has 0 saturated carbocycles. The number of phenolic OH excluding ortho intramolecular Hbond substituents is 1. The Morgan fingerprint density at radius 3 is 2.21 bits per heavy atom. The molecule has 1 aromatic carbocycles. The minimum Gasteiger partial charge on any atom is -0.508 e. The van der Waals surface area contributed by atoms with E-state index in [-0.39, 0.29) is 24.6 Å². The zero-order chi connectivity index (χ0) is 22.0. The molecule has 1 rings (SSSR count). The lowest BCUT2D eigenvalue weighted by Crippen LogP contribution is -2.57. The predicted octanol–water partition coefficient (Wildman–Crippen LogP) is -0.890. The number of nitrogens with two attached hydrogens (primary N) is 1. The Labute approximate surface area is 168 Å². The van der Waals surface area contributed by atoms with Gasteiger partial charge in [0.05, 0.1) is 6.54 Å². The second kappa shape index (κ2) is 11.6. The van der Waals surface area contributed by atoms with E-state index < -0.39 is 42.3 Å². The molecule has 10 nitrogen and oxygen atoms in total. The van der Waals surface area contributed by atoms with Gasteiger partial charge in [0.15, 0.2) is 0 Å². The monoisotopic (exact) mass is 408 g/mol. The fourth-order valence-corrected chi connectivity index (χ4v) is 2.56. The Hall–Kier alpha value is -3.14. The van der Waals surface area contributed by atoms with E-state index in [2.05, 4.69) is 16.0 Å². The third-order valence-electron chi connectivity index (χ3n) is 4.42. The van der Waals surface area contributed by atoms with Gasteiger partial charge in [0.1, 0.15) is 24.4 Å². The third kappa shape index (κ3) is 8.18. The summed E-state index contributed by atoms with van der Waals surface area (Å²) in [6, 6.07) is 4.15. The molecular weight excluding hydrogens is 380 g/mol. The Morgan fingerprint density at radius 1 is 1.07 bits per heavy atom. The van der Waals surface area contributed by atoms with Gasteiger partial charge in [-0.2, -0.15) is 0 Å². The van der Waals surface area contributed by atoms with Crippen molar-refractivity contribution in [3.63, 3.8) is 0 Å². The Morgan fingerprint density at radius 2 is 1.69 bits per heavy atom. The largest absolute Gasteiger partial charge is 0.508 e. The van der Waals surface area contributed by atoms with Crippen molar-refractivity contribution in [1.29, 1.82) is 0 Å². The van der Waals surface area contributed by atoms with Crippen LogP contribution in [0.4, 0.5) is 0 Å². The SMILES string of the molecule is CCC(C)C(NC(=O)C(Cc1ccc(O)cc1)NC(=O)CN)C(=O)NCC(=O)O. The average Bonchev–Trinajstić information content (AvgIpc) is 2.70. The molecule has 0 saturated heterocycles. The van der Waals surface area contributed by atoms with Crippen LogP contribution in [-0.2, 0) is 25.6 Å². The van der Waals surface area contributed by atoms with Crippen LogP contribution in [0.3, 0.4) is 0 Å². The van der Waals surface area contributed by atoms with E-state index in [4.69, 9.17) is 10.8 Å². The van der Waals surface area contributed by atoms with Gasteiger partial charge in [-0.3, -0.25) is 19.2 Å². The van der Waals surface area contributed by atoms with E-state index in [1.54, 1.807) is 19.1 Å². The van der Waals surface area contributed by atoms with Crippen molar-refractivity contribution in [2.45, 2.75) is 38.8 Å². The molecule has 0 heterocycles. The van der Waals surface area contributed by atoms with Crippen LogP contribution >= 0.6 is 0 Å². The van der Waals surface area contributed by atoms with Crippen molar-refractivity contribution in [2.75, 3.05) is 13.1 Å². The van der Waals surface area contributed by atoms with Crippen LogP contribution < -0.4 is 21.7 Å². The molecule has 0 fully saturated rings. The van der Waals surface area contributed by atoms with Crippen LogP contribution in [0.5, 0.6) is 5.75 Å². The smallest absolute Gasteiger partial charge is 0.322 e. The number of phenols is 1. The highest BCUT2D eigenvalue weighted by molar-refractivity contribution is 5.93. The fraction of sp³-hybridized carbons (Fsp3) is 0.474. The number of aromatic hydroxyl groups is 1. The summed E-state index contributed by atoms with van der Waals surface area (Å²) in [6.45, 7) is 2.70. The van der Waals surface area contributed by atoms with Crippen LogP contribution in [0.2, 0.25) is 0 Å². The number of hydrogen-bond acceptors (Lipinski definition) is 6. The fourth-order valence-electron chi connectivity index (χ4n) is 2.56. The van der Waals surface area contributed by atoms with Gasteiger partial charge in [0.2, 0.25) is 17.7 Å². The number of carboxylic acid groups (broad SMARTS) is 1. The van der Waals surface area contributed by atoms with Gasteiger partial charge in [-0.05, 0) is 23.6 Å². The second-order valence-corrected chi connectivity index (χ2v) is 6.68. The normalized spacial score (nSPS) is 13.6. The van der Waals surface area contributed by atoms with E-state index in [1.165, 1.54) is 12.1 Å². The Balaban J connectivity index is 2.97. The summed E-state index contributed by atoms with van der Waals surface area (Å²) in [5.74, 6) is -3.17. The quantitative estimate of drug-likeness (QED) is 0.276. The van der Waals surface area contributed by atoms with Gasteiger partial charge in [-0.15, -0.1) is 0 Å². The number of benzene rings is 1. The summed E-state index contributed by atoms with van der Waals surface area (Å²) >= 11 is 0. The first-order chi connectivity index (χ1) is 13.7. The standard InChI is InChI=1S/C19H28N4O6/c1-3-11(2)17(19(29)21-10-16(26)27)23-18(28)14(22-15(25)9-20)8-12-4-6-13(24)7-5-12/h4-7,11,14,17,24H,3,8-10,20H2,1-2H3,(H,21,29)(H,22,25)(H,23,28)(H,26,27). The maximum Gasteiger partial charge on any atom is 0.322 e. The van der Waals surface area contributed by atoms with Gasteiger partial charge in [0, 0.05) is 6.42 Å². The number of nitrogens with one attached hydrogen (secondary N) is 3. The lowest BCUT2D eigenvalue weighted by Gasteiger charge is -2.26. The predicted molar refractivity (Wildman–Crippen MR) is 105 cm³/mol. The number of rotatable bonds is 11. The van der Waals surface area contributed by atoms with E-state index in [1.807, 2.05) is 6.92 Å². The first-order valence-corrected chi connectivity index (χ1v) is 9.25. The van der Waals surface area contributed by atoms with Gasteiger partial charge in [-0.25, -0.2) is 0 Å². The lowest BCUT2D eigenvalue weighted by atomic mass is 9.97. The van der Waals surface area contributed by atoms with E-state index in [0.717, 1.165) is 0 Å². The molecule has 0 aliphatic carbocycles. The highest BCUT2D eigenvalue weighted by Crippen LogP contribution is 2.13. The highest BCUT2D eigenvalue weighted by atomic mass is 16.4. The Kier molecular flexibility index (Phi) is 9.60. The molecule has 0 radical (unpaired) electrons. The maximum atomic E-state index is 12.8. The molecule has 3 unspecified atom stereocenters. The number of aliphatic carboxylic acids is 1. The van der Waals surface area contributed by atoms with E-state index in [9.17, 15) is 24.3 Å². The zero-order valence-corrected chi connectivity index (χ0v) is 16.5. The number of amides is 3. The molecule has 29 heavy (non-hydrogen) atoms. The molecule has 0 aliphatic rings. The van der Waals surface area contributed by atoms with Crippen molar-refractivity contribution in [3.8, 4) is 5.75 Å². The summed E-state index contributed by atoms with van der Waals surface area (Å²) < 4.78 is 0. The molecule has 7 N–H and O–H groups in total. The van der Waals surface area contributed by atoms with Gasteiger partial charge in [-0.1, -0.05) is 32.4 Å². The van der Waals surface area contributed by atoms with Crippen LogP contribution in [0, 0.1) is 5.92 Å². The third-order valence-corrected chi connectivity index (χ3v) is 4.42. The molecule has 10 heteroatoms. The van der Waals surface area contributed by atoms with Gasteiger partial charge in [0.25, 0.3) is 0 Å². The first-order valence-electron chi connectivity index (χ1n) is 9.25. The minimum absolute atomic E-state index is 0.0627. The molecule has 0 aromatic heterocycles. The van der Waals surface area contributed by atoms with E-state index in [0.29, 0.717) is 12.0 Å². The summed E-state index contributed by atoms with van der Waals surface area (Å²) in [5, 5.41) is 25.5. The molecule has 1 aromatic rings. The molecule has 3 atom stereocenters. The maximum absolute atomic E-state index is 12.8. The van der Waals surface area contributed by atoms with Gasteiger partial charge < -0.3 is 31.9 Å². The van der Waals surface area contributed by atoms with Crippen LogP contribution in [0.25, 0.3) is 0 Å². The Bertz CT molecular complexity index is 722. The van der Waals surface area contributed by atoms with Crippen molar-refractivity contribution in [1.82, 2.24) is 16.0 Å².